The Morgan fingerprint density at radius 2 is 1.71 bits per heavy atom. The van der Waals surface area contributed by atoms with E-state index in [2.05, 4.69) is 4.99 Å². The van der Waals surface area contributed by atoms with Crippen molar-refractivity contribution in [3.8, 4) is 0 Å². The lowest BCUT2D eigenvalue weighted by atomic mass is 10.1. The first-order valence-electron chi connectivity index (χ1n) is 3.84. The average molecular weight is 194 g/mol. The average Bonchev–Trinajstić information content (AvgIpc) is 2.50. The van der Waals surface area contributed by atoms with Gasteiger partial charge in [0.1, 0.15) is 0 Å². The van der Waals surface area contributed by atoms with Crippen molar-refractivity contribution in [2.45, 2.75) is 6.42 Å². The van der Waals surface area contributed by atoms with Crippen LogP contribution in [0, 0.1) is 0 Å². The summed E-state index contributed by atoms with van der Waals surface area (Å²) in [6, 6.07) is 0. The van der Waals surface area contributed by atoms with E-state index in [-0.39, 0.29) is 12.4 Å². The molecule has 2 amide bonds. The molecule has 0 heterocycles. The Morgan fingerprint density at radius 3 is 2.14 bits per heavy atom. The Kier molecular flexibility index (Phi) is 2.66. The van der Waals surface area contributed by atoms with Crippen molar-refractivity contribution in [3.05, 3.63) is 23.3 Å². The van der Waals surface area contributed by atoms with Gasteiger partial charge in [-0.15, -0.1) is 0 Å². The van der Waals surface area contributed by atoms with Gasteiger partial charge < -0.3 is 17.2 Å². The molecule has 0 bridgehead atoms. The van der Waals surface area contributed by atoms with E-state index in [1.807, 2.05) is 0 Å². The molecule has 14 heavy (non-hydrogen) atoms. The van der Waals surface area contributed by atoms with Crippen LogP contribution in [-0.4, -0.2) is 17.8 Å². The largest absolute Gasteiger partial charge is 0.370 e. The van der Waals surface area contributed by atoms with E-state index in [9.17, 15) is 9.59 Å². The zero-order valence-electron chi connectivity index (χ0n) is 7.36. The lowest BCUT2D eigenvalue weighted by molar-refractivity contribution is -0.114. The molecule has 0 aliphatic heterocycles. The first-order valence-corrected chi connectivity index (χ1v) is 3.84. The number of hydrogen-bond donors (Lipinski definition) is 3. The number of aliphatic imine (C=N–C) groups is 1. The van der Waals surface area contributed by atoms with Crippen LogP contribution < -0.4 is 17.2 Å². The second-order valence-electron chi connectivity index (χ2n) is 2.77. The van der Waals surface area contributed by atoms with Gasteiger partial charge in [-0.05, 0) is 0 Å². The number of amides is 2. The molecule has 6 heteroatoms. The highest BCUT2D eigenvalue weighted by molar-refractivity contribution is 6.05. The van der Waals surface area contributed by atoms with E-state index >= 15 is 0 Å². The van der Waals surface area contributed by atoms with Gasteiger partial charge in [0, 0.05) is 17.6 Å². The van der Waals surface area contributed by atoms with E-state index in [1.165, 1.54) is 12.2 Å². The lowest BCUT2D eigenvalue weighted by Crippen LogP contribution is -2.24. The van der Waals surface area contributed by atoms with Crippen LogP contribution in [-0.2, 0) is 9.59 Å². The number of primary amides is 1. The topological polar surface area (TPSA) is 125 Å². The summed E-state index contributed by atoms with van der Waals surface area (Å²) in [5, 5.41) is 0. The molecule has 74 valence electrons. The minimum absolute atomic E-state index is 0.185. The molecule has 6 nitrogen and oxygen atoms in total. The number of nitrogens with two attached hydrogens (primary N) is 3. The monoisotopic (exact) mass is 194 g/mol. The third kappa shape index (κ3) is 2.19. The molecular weight excluding hydrogens is 184 g/mol. The first kappa shape index (κ1) is 9.97. The molecule has 1 rings (SSSR count). The Hall–Kier alpha value is -2.11. The molecule has 0 radical (unpaired) electrons. The maximum atomic E-state index is 11.2. The van der Waals surface area contributed by atoms with E-state index < -0.39 is 11.8 Å². The molecule has 0 unspecified atom stereocenters. The molecule has 6 N–H and O–H groups in total. The number of guanidine groups is 1. The van der Waals surface area contributed by atoms with Crippen molar-refractivity contribution >= 4 is 17.8 Å². The van der Waals surface area contributed by atoms with E-state index in [4.69, 9.17) is 17.2 Å². The van der Waals surface area contributed by atoms with E-state index in [1.54, 1.807) is 0 Å². The summed E-state index contributed by atoms with van der Waals surface area (Å²) in [5.41, 5.74) is 15.8. The minimum Gasteiger partial charge on any atom is -0.370 e. The Bertz CT molecular complexity index is 375. The summed E-state index contributed by atoms with van der Waals surface area (Å²) >= 11 is 0. The third-order valence-corrected chi connectivity index (χ3v) is 1.69. The van der Waals surface area contributed by atoms with Crippen LogP contribution in [0.3, 0.4) is 0 Å². The zero-order valence-corrected chi connectivity index (χ0v) is 7.36. The Balaban J connectivity index is 2.67. The normalized spacial score (nSPS) is 14.3. The van der Waals surface area contributed by atoms with Gasteiger partial charge >= 0.3 is 0 Å². The first-order chi connectivity index (χ1) is 6.50. The molecule has 1 aliphatic carbocycles. The fourth-order valence-corrected chi connectivity index (χ4v) is 1.03. The maximum absolute atomic E-state index is 11.2. The summed E-state index contributed by atoms with van der Waals surface area (Å²) < 4.78 is 0. The minimum atomic E-state index is -0.547. The Labute approximate surface area is 80.1 Å². The number of nitrogens with zero attached hydrogens (tertiary/aromatic N) is 1. The molecule has 0 saturated carbocycles. The molecular formula is C8H10N4O2. The van der Waals surface area contributed by atoms with E-state index in [0.717, 1.165) is 0 Å². The van der Waals surface area contributed by atoms with Gasteiger partial charge in [0.25, 0.3) is 5.91 Å². The quantitative estimate of drug-likeness (QED) is 0.366. The second kappa shape index (κ2) is 3.73. The molecule has 0 fully saturated rings. The van der Waals surface area contributed by atoms with Gasteiger partial charge in [0.15, 0.2) is 5.96 Å². The summed E-state index contributed by atoms with van der Waals surface area (Å²) in [5.74, 6) is -1.39. The Morgan fingerprint density at radius 1 is 1.14 bits per heavy atom. The molecule has 0 aromatic carbocycles. The summed E-state index contributed by atoms with van der Waals surface area (Å²) in [6.07, 6.45) is 3.15. The van der Waals surface area contributed by atoms with Gasteiger partial charge in [0.2, 0.25) is 5.91 Å². The predicted molar refractivity (Wildman–Crippen MR) is 50.8 cm³/mol. The fourth-order valence-electron chi connectivity index (χ4n) is 1.03. The standard InChI is InChI=1S/C8H10N4O2/c9-6(13)4-1-2-5(3-4)7(14)12-8(10)11/h1-2H,3H2,(H2,9,13)(H4,10,11,12,14). The third-order valence-electron chi connectivity index (χ3n) is 1.69. The van der Waals surface area contributed by atoms with Crippen LogP contribution in [0.5, 0.6) is 0 Å². The maximum Gasteiger partial charge on any atom is 0.276 e. The lowest BCUT2D eigenvalue weighted by Gasteiger charge is -1.97. The van der Waals surface area contributed by atoms with Gasteiger partial charge in [-0.3, -0.25) is 9.59 Å². The highest BCUT2D eigenvalue weighted by atomic mass is 16.2. The van der Waals surface area contributed by atoms with Crippen molar-refractivity contribution in [1.29, 1.82) is 0 Å². The van der Waals surface area contributed by atoms with Gasteiger partial charge in [0.05, 0.1) is 0 Å². The van der Waals surface area contributed by atoms with E-state index in [0.29, 0.717) is 11.1 Å². The van der Waals surface area contributed by atoms with Crippen molar-refractivity contribution in [2.24, 2.45) is 22.2 Å². The van der Waals surface area contributed by atoms with Crippen LogP contribution in [0.2, 0.25) is 0 Å². The van der Waals surface area contributed by atoms with Gasteiger partial charge in [-0.2, -0.15) is 4.99 Å². The van der Waals surface area contributed by atoms with Crippen LogP contribution in [0.1, 0.15) is 6.42 Å². The number of rotatable bonds is 2. The number of hydrogen-bond acceptors (Lipinski definition) is 2. The highest BCUT2D eigenvalue weighted by Gasteiger charge is 2.17. The fraction of sp³-hybridized carbons (Fsp3) is 0.125. The van der Waals surface area contributed by atoms with Crippen molar-refractivity contribution in [2.75, 3.05) is 0 Å². The van der Waals surface area contributed by atoms with Crippen molar-refractivity contribution in [1.82, 2.24) is 0 Å². The van der Waals surface area contributed by atoms with Gasteiger partial charge in [-0.25, -0.2) is 0 Å². The number of allylic oxidation sites excluding steroid dienone is 2. The van der Waals surface area contributed by atoms with Crippen molar-refractivity contribution in [3.63, 3.8) is 0 Å². The van der Waals surface area contributed by atoms with Crippen LogP contribution >= 0.6 is 0 Å². The molecule has 0 spiro atoms. The molecule has 1 aliphatic rings. The van der Waals surface area contributed by atoms with Crippen LogP contribution in [0.4, 0.5) is 0 Å². The smallest absolute Gasteiger partial charge is 0.276 e. The summed E-state index contributed by atoms with van der Waals surface area (Å²) in [6.45, 7) is 0. The number of carbonyl (C=O) groups is 2. The molecule has 0 saturated heterocycles. The second-order valence-corrected chi connectivity index (χ2v) is 2.77. The zero-order chi connectivity index (χ0) is 10.7. The van der Waals surface area contributed by atoms with Crippen LogP contribution in [0.15, 0.2) is 28.3 Å². The van der Waals surface area contributed by atoms with Crippen molar-refractivity contribution < 1.29 is 9.59 Å². The molecule has 0 aromatic heterocycles. The SMILES string of the molecule is NC(=O)C1=CC=C(C(=O)N=C(N)N)C1. The van der Waals surface area contributed by atoms with Crippen LogP contribution in [0.25, 0.3) is 0 Å². The molecule has 0 aromatic rings. The highest BCUT2D eigenvalue weighted by Crippen LogP contribution is 2.19. The number of carbonyl (C=O) groups excluding carboxylic acids is 2. The summed E-state index contributed by atoms with van der Waals surface area (Å²) in [4.78, 5) is 25.3. The summed E-state index contributed by atoms with van der Waals surface area (Å²) in [7, 11) is 0. The van der Waals surface area contributed by atoms with Gasteiger partial charge in [-0.1, -0.05) is 12.2 Å². The molecule has 0 atom stereocenters. The predicted octanol–water partition coefficient (Wildman–Crippen LogP) is -1.47.